The van der Waals surface area contributed by atoms with Crippen LogP contribution in [0.15, 0.2) is 24.3 Å². The second kappa shape index (κ2) is 5.98. The topological polar surface area (TPSA) is 49.4 Å². The lowest BCUT2D eigenvalue weighted by atomic mass is 10.1. The summed E-state index contributed by atoms with van der Waals surface area (Å²) in [7, 11) is 0. The van der Waals surface area contributed by atoms with Crippen LogP contribution in [0.4, 0.5) is 0 Å². The third-order valence-electron chi connectivity index (χ3n) is 4.48. The Morgan fingerprint density at radius 3 is 2.33 bits per heavy atom. The molecule has 112 valence electrons. The largest absolute Gasteiger partial charge is 0.314 e. The van der Waals surface area contributed by atoms with Gasteiger partial charge in [-0.05, 0) is 57.2 Å². The molecule has 4 nitrogen and oxygen atoms in total. The van der Waals surface area contributed by atoms with Gasteiger partial charge < -0.3 is 5.32 Å². The number of nitrogens with one attached hydrogen (secondary N) is 1. The van der Waals surface area contributed by atoms with Gasteiger partial charge in [0.15, 0.2) is 0 Å². The summed E-state index contributed by atoms with van der Waals surface area (Å²) in [5.74, 6) is 0.575. The molecule has 0 aromatic heterocycles. The number of unbranched alkanes of at least 4 members (excludes halogenated alkanes) is 1. The van der Waals surface area contributed by atoms with Gasteiger partial charge in [0.1, 0.15) is 0 Å². The van der Waals surface area contributed by atoms with E-state index in [1.807, 2.05) is 0 Å². The minimum atomic E-state index is -0.144. The summed E-state index contributed by atoms with van der Waals surface area (Å²) < 4.78 is 0. The molecular weight excluding hydrogens is 264 g/mol. The molecule has 0 spiro atoms. The quantitative estimate of drug-likeness (QED) is 0.619. The molecule has 1 aromatic carbocycles. The first kappa shape index (κ1) is 14.3. The van der Waals surface area contributed by atoms with Crippen molar-refractivity contribution >= 4 is 11.8 Å². The molecule has 1 aliphatic carbocycles. The Morgan fingerprint density at radius 2 is 1.76 bits per heavy atom. The standard InChI is InChI=1S/C17H22N2O2/c1-12(13-8-9-13)18-10-4-5-11-19-16(20)14-6-2-3-7-15(14)17(19)21/h2-3,6-7,12-13,18H,4-5,8-11H2,1H3. The summed E-state index contributed by atoms with van der Waals surface area (Å²) in [6.45, 7) is 3.72. The fourth-order valence-corrected chi connectivity index (χ4v) is 2.93. The number of carbonyl (C=O) groups excluding carboxylic acids is 2. The van der Waals surface area contributed by atoms with Gasteiger partial charge in [-0.25, -0.2) is 0 Å². The smallest absolute Gasteiger partial charge is 0.261 e. The van der Waals surface area contributed by atoms with Crippen molar-refractivity contribution in [1.82, 2.24) is 10.2 Å². The molecule has 1 heterocycles. The SMILES string of the molecule is CC(NCCCCN1C(=O)c2ccccc2C1=O)C1CC1. The first-order valence-corrected chi connectivity index (χ1v) is 7.87. The number of fused-ring (bicyclic) bond motifs is 1. The van der Waals surface area contributed by atoms with Crippen LogP contribution in [0.2, 0.25) is 0 Å². The van der Waals surface area contributed by atoms with E-state index in [0.29, 0.717) is 23.7 Å². The number of rotatable bonds is 7. The Bertz CT molecular complexity index is 516. The Morgan fingerprint density at radius 1 is 1.14 bits per heavy atom. The zero-order valence-corrected chi connectivity index (χ0v) is 12.5. The van der Waals surface area contributed by atoms with Crippen LogP contribution >= 0.6 is 0 Å². The predicted molar refractivity (Wildman–Crippen MR) is 81.2 cm³/mol. The fourth-order valence-electron chi connectivity index (χ4n) is 2.93. The van der Waals surface area contributed by atoms with Crippen LogP contribution in [0.1, 0.15) is 53.3 Å². The van der Waals surface area contributed by atoms with E-state index in [0.717, 1.165) is 25.3 Å². The number of hydrogen-bond donors (Lipinski definition) is 1. The van der Waals surface area contributed by atoms with Gasteiger partial charge in [0.25, 0.3) is 11.8 Å². The summed E-state index contributed by atoms with van der Waals surface area (Å²) in [4.78, 5) is 25.7. The van der Waals surface area contributed by atoms with Crippen LogP contribution in [-0.4, -0.2) is 35.8 Å². The van der Waals surface area contributed by atoms with E-state index in [4.69, 9.17) is 0 Å². The second-order valence-corrected chi connectivity index (χ2v) is 6.09. The summed E-state index contributed by atoms with van der Waals surface area (Å²) in [5.41, 5.74) is 1.09. The molecule has 0 radical (unpaired) electrons. The summed E-state index contributed by atoms with van der Waals surface area (Å²) in [6.07, 6.45) is 4.55. The van der Waals surface area contributed by atoms with Crippen molar-refractivity contribution in [1.29, 1.82) is 0 Å². The molecule has 21 heavy (non-hydrogen) atoms. The lowest BCUT2D eigenvalue weighted by Gasteiger charge is -2.15. The van der Waals surface area contributed by atoms with E-state index < -0.39 is 0 Å². The minimum Gasteiger partial charge on any atom is -0.314 e. The monoisotopic (exact) mass is 286 g/mol. The average molecular weight is 286 g/mol. The van der Waals surface area contributed by atoms with Crippen molar-refractivity contribution in [3.63, 3.8) is 0 Å². The maximum Gasteiger partial charge on any atom is 0.261 e. The maximum absolute atomic E-state index is 12.2. The van der Waals surface area contributed by atoms with E-state index in [1.165, 1.54) is 17.7 Å². The lowest BCUT2D eigenvalue weighted by molar-refractivity contribution is 0.0651. The third kappa shape index (κ3) is 3.00. The van der Waals surface area contributed by atoms with E-state index in [1.54, 1.807) is 24.3 Å². The van der Waals surface area contributed by atoms with Crippen molar-refractivity contribution < 1.29 is 9.59 Å². The van der Waals surface area contributed by atoms with E-state index in [9.17, 15) is 9.59 Å². The molecule has 1 fully saturated rings. The first-order chi connectivity index (χ1) is 10.2. The highest BCUT2D eigenvalue weighted by Crippen LogP contribution is 2.32. The Hall–Kier alpha value is -1.68. The molecule has 2 aliphatic rings. The zero-order chi connectivity index (χ0) is 14.8. The Labute approximate surface area is 125 Å². The van der Waals surface area contributed by atoms with Crippen molar-refractivity contribution in [3.8, 4) is 0 Å². The summed E-state index contributed by atoms with van der Waals surface area (Å²) in [5, 5.41) is 3.52. The molecule has 1 unspecified atom stereocenters. The maximum atomic E-state index is 12.2. The van der Waals surface area contributed by atoms with Crippen molar-refractivity contribution in [3.05, 3.63) is 35.4 Å². The van der Waals surface area contributed by atoms with E-state index in [-0.39, 0.29) is 11.8 Å². The van der Waals surface area contributed by atoms with E-state index >= 15 is 0 Å². The number of hydrogen-bond acceptors (Lipinski definition) is 3. The van der Waals surface area contributed by atoms with Gasteiger partial charge in [-0.1, -0.05) is 12.1 Å². The minimum absolute atomic E-state index is 0.144. The molecule has 1 N–H and O–H groups in total. The van der Waals surface area contributed by atoms with Crippen LogP contribution in [-0.2, 0) is 0 Å². The highest BCUT2D eigenvalue weighted by Gasteiger charge is 2.34. The lowest BCUT2D eigenvalue weighted by Crippen LogP contribution is -2.32. The van der Waals surface area contributed by atoms with Crippen LogP contribution in [0.25, 0.3) is 0 Å². The predicted octanol–water partition coefficient (Wildman–Crippen LogP) is 2.45. The molecule has 1 atom stereocenters. The first-order valence-electron chi connectivity index (χ1n) is 7.87. The van der Waals surface area contributed by atoms with Gasteiger partial charge in [-0.15, -0.1) is 0 Å². The average Bonchev–Trinajstić information content (AvgIpc) is 3.31. The highest BCUT2D eigenvalue weighted by molar-refractivity contribution is 6.21. The van der Waals surface area contributed by atoms with Crippen molar-refractivity contribution in [2.24, 2.45) is 5.92 Å². The number of nitrogens with zero attached hydrogens (tertiary/aromatic N) is 1. The van der Waals surface area contributed by atoms with Crippen LogP contribution in [0, 0.1) is 5.92 Å². The third-order valence-corrected chi connectivity index (χ3v) is 4.48. The van der Waals surface area contributed by atoms with Crippen LogP contribution < -0.4 is 5.32 Å². The van der Waals surface area contributed by atoms with Gasteiger partial charge in [-0.3, -0.25) is 14.5 Å². The number of amides is 2. The van der Waals surface area contributed by atoms with Crippen LogP contribution in [0.5, 0.6) is 0 Å². The number of carbonyl (C=O) groups is 2. The van der Waals surface area contributed by atoms with Crippen molar-refractivity contribution in [2.45, 2.75) is 38.6 Å². The Kier molecular flexibility index (Phi) is 4.06. The fraction of sp³-hybridized carbons (Fsp3) is 0.529. The summed E-state index contributed by atoms with van der Waals surface area (Å²) in [6, 6.07) is 7.67. The van der Waals surface area contributed by atoms with Gasteiger partial charge in [0.2, 0.25) is 0 Å². The number of benzene rings is 1. The summed E-state index contributed by atoms with van der Waals surface area (Å²) >= 11 is 0. The molecule has 4 heteroatoms. The number of imide groups is 1. The molecule has 0 bridgehead atoms. The molecule has 3 rings (SSSR count). The molecule has 1 aromatic rings. The molecule has 2 amide bonds. The zero-order valence-electron chi connectivity index (χ0n) is 12.5. The molecule has 0 saturated heterocycles. The van der Waals surface area contributed by atoms with Gasteiger partial charge in [0, 0.05) is 12.6 Å². The van der Waals surface area contributed by atoms with Gasteiger partial charge >= 0.3 is 0 Å². The molecule has 1 aliphatic heterocycles. The normalized spacial score (nSPS) is 19.0. The second-order valence-electron chi connectivity index (χ2n) is 6.09. The molecule has 1 saturated carbocycles. The van der Waals surface area contributed by atoms with Crippen molar-refractivity contribution in [2.75, 3.05) is 13.1 Å². The van der Waals surface area contributed by atoms with Gasteiger partial charge in [0.05, 0.1) is 11.1 Å². The molecular formula is C17H22N2O2. The van der Waals surface area contributed by atoms with Crippen LogP contribution in [0.3, 0.4) is 0 Å². The Balaban J connectivity index is 1.44. The van der Waals surface area contributed by atoms with E-state index in [2.05, 4.69) is 12.2 Å². The van der Waals surface area contributed by atoms with Gasteiger partial charge in [-0.2, -0.15) is 0 Å². The highest BCUT2D eigenvalue weighted by atomic mass is 16.2.